The molecule has 0 N–H and O–H groups in total. The summed E-state index contributed by atoms with van der Waals surface area (Å²) < 4.78 is 46.8. The summed E-state index contributed by atoms with van der Waals surface area (Å²) in [5.74, 6) is 0.115. The third-order valence-electron chi connectivity index (χ3n) is 4.36. The van der Waals surface area contributed by atoms with E-state index in [0.717, 1.165) is 17.7 Å². The minimum atomic E-state index is -3.99. The van der Waals surface area contributed by atoms with Gasteiger partial charge < -0.3 is 4.74 Å². The molecule has 3 rings (SSSR count). The molecule has 7 heteroatoms. The van der Waals surface area contributed by atoms with Gasteiger partial charge in [-0.3, -0.25) is 4.31 Å². The highest BCUT2D eigenvalue weighted by Gasteiger charge is 2.30. The molecule has 0 heterocycles. The number of ether oxygens (including phenoxy) is 1. The molecule has 0 unspecified atom stereocenters. The molecule has 0 amide bonds. The van der Waals surface area contributed by atoms with Crippen LogP contribution >= 0.6 is 11.6 Å². The van der Waals surface area contributed by atoms with Crippen LogP contribution in [0.5, 0.6) is 5.75 Å². The zero-order chi connectivity index (χ0) is 20.3. The summed E-state index contributed by atoms with van der Waals surface area (Å²) in [7, 11) is -2.44. The van der Waals surface area contributed by atoms with Gasteiger partial charge in [0.15, 0.2) is 0 Å². The number of hydrogen-bond acceptors (Lipinski definition) is 3. The van der Waals surface area contributed by atoms with E-state index in [0.29, 0.717) is 16.5 Å². The molecule has 0 bridgehead atoms. The van der Waals surface area contributed by atoms with Crippen LogP contribution in [0.25, 0.3) is 0 Å². The highest BCUT2D eigenvalue weighted by atomic mass is 35.5. The van der Waals surface area contributed by atoms with E-state index < -0.39 is 21.9 Å². The lowest BCUT2D eigenvalue weighted by atomic mass is 10.1. The fourth-order valence-electron chi connectivity index (χ4n) is 2.94. The van der Waals surface area contributed by atoms with E-state index >= 15 is 0 Å². The van der Waals surface area contributed by atoms with Crippen molar-refractivity contribution in [1.29, 1.82) is 0 Å². The number of nitrogens with zero attached hydrogens (tertiary/aromatic N) is 1. The maximum Gasteiger partial charge on any atom is 0.264 e. The molecule has 3 aromatic carbocycles. The molecule has 4 nitrogen and oxygen atoms in total. The highest BCUT2D eigenvalue weighted by Crippen LogP contribution is 2.35. The molecular formula is C21H19ClFNO3S. The van der Waals surface area contributed by atoms with Crippen molar-refractivity contribution in [3.05, 3.63) is 89.2 Å². The van der Waals surface area contributed by atoms with Gasteiger partial charge in [0.05, 0.1) is 23.7 Å². The standard InChI is InChI=1S/C21H19ClFNO3S/c1-15(16-5-3-8-20(13-16)27-2)24(19-7-4-6-17(22)14-19)28(25,26)21-11-9-18(23)10-12-21/h3-15H,1-2H3/t15-/m0/s1. The Morgan fingerprint density at radius 3 is 2.32 bits per heavy atom. The molecule has 0 spiro atoms. The zero-order valence-electron chi connectivity index (χ0n) is 15.3. The minimum absolute atomic E-state index is 0.0105. The fourth-order valence-corrected chi connectivity index (χ4v) is 4.76. The third kappa shape index (κ3) is 4.13. The predicted octanol–water partition coefficient (Wildman–Crippen LogP) is 5.44. The smallest absolute Gasteiger partial charge is 0.264 e. The van der Waals surface area contributed by atoms with Gasteiger partial charge in [0, 0.05) is 5.02 Å². The van der Waals surface area contributed by atoms with Crippen LogP contribution < -0.4 is 9.04 Å². The molecule has 0 aromatic heterocycles. The number of methoxy groups -OCH3 is 1. The molecule has 0 aliphatic carbocycles. The monoisotopic (exact) mass is 419 g/mol. The van der Waals surface area contributed by atoms with Crippen molar-refractivity contribution in [2.45, 2.75) is 17.9 Å². The number of hydrogen-bond donors (Lipinski definition) is 0. The van der Waals surface area contributed by atoms with E-state index in [1.165, 1.54) is 16.4 Å². The Labute approximate surface area is 169 Å². The molecule has 28 heavy (non-hydrogen) atoms. The van der Waals surface area contributed by atoms with Gasteiger partial charge in [0.1, 0.15) is 11.6 Å². The average Bonchev–Trinajstić information content (AvgIpc) is 2.68. The maximum absolute atomic E-state index is 13.5. The van der Waals surface area contributed by atoms with Gasteiger partial charge in [0.2, 0.25) is 0 Å². The lowest BCUT2D eigenvalue weighted by Crippen LogP contribution is -2.33. The van der Waals surface area contributed by atoms with Crippen LogP contribution in [0, 0.1) is 5.82 Å². The predicted molar refractivity (Wildman–Crippen MR) is 109 cm³/mol. The first kappa shape index (κ1) is 20.2. The third-order valence-corrected chi connectivity index (χ3v) is 6.51. The summed E-state index contributed by atoms with van der Waals surface area (Å²) in [5.41, 5.74) is 1.15. The molecule has 0 aliphatic rings. The Kier molecular flexibility index (Phi) is 5.91. The number of sulfonamides is 1. The second-order valence-electron chi connectivity index (χ2n) is 6.19. The largest absolute Gasteiger partial charge is 0.497 e. The Balaban J connectivity index is 2.15. The SMILES string of the molecule is COc1cccc([C@H](C)N(c2cccc(Cl)c2)S(=O)(=O)c2ccc(F)cc2)c1. The van der Waals surface area contributed by atoms with Crippen molar-refractivity contribution < 1.29 is 17.5 Å². The van der Waals surface area contributed by atoms with Gasteiger partial charge in [-0.2, -0.15) is 0 Å². The number of rotatable bonds is 6. The van der Waals surface area contributed by atoms with Gasteiger partial charge in [-0.1, -0.05) is 29.8 Å². The Hall–Kier alpha value is -2.57. The summed E-state index contributed by atoms with van der Waals surface area (Å²) in [6.45, 7) is 1.77. The van der Waals surface area contributed by atoms with Gasteiger partial charge in [-0.25, -0.2) is 12.8 Å². The van der Waals surface area contributed by atoms with Crippen LogP contribution in [-0.2, 0) is 10.0 Å². The van der Waals surface area contributed by atoms with E-state index in [9.17, 15) is 12.8 Å². The van der Waals surface area contributed by atoms with Crippen LogP contribution in [0.2, 0.25) is 5.02 Å². The first-order valence-electron chi connectivity index (χ1n) is 8.52. The fraction of sp³-hybridized carbons (Fsp3) is 0.143. The van der Waals surface area contributed by atoms with Crippen molar-refractivity contribution >= 4 is 27.3 Å². The van der Waals surface area contributed by atoms with Crippen LogP contribution in [0.1, 0.15) is 18.5 Å². The number of benzene rings is 3. The summed E-state index contributed by atoms with van der Waals surface area (Å²) >= 11 is 6.11. The molecule has 3 aromatic rings. The average molecular weight is 420 g/mol. The second kappa shape index (κ2) is 8.20. The van der Waals surface area contributed by atoms with Crippen LogP contribution in [0.3, 0.4) is 0 Å². The van der Waals surface area contributed by atoms with Gasteiger partial charge in [-0.05, 0) is 67.1 Å². The van der Waals surface area contributed by atoms with E-state index in [-0.39, 0.29) is 4.90 Å². The normalized spacial score (nSPS) is 12.4. The van der Waals surface area contributed by atoms with Crippen molar-refractivity contribution in [1.82, 2.24) is 0 Å². The van der Waals surface area contributed by atoms with Crippen LogP contribution in [0.15, 0.2) is 77.7 Å². The molecule has 1 atom stereocenters. The lowest BCUT2D eigenvalue weighted by Gasteiger charge is -2.31. The molecule has 0 radical (unpaired) electrons. The molecule has 0 saturated carbocycles. The molecule has 0 aliphatic heterocycles. The lowest BCUT2D eigenvalue weighted by molar-refractivity contribution is 0.414. The minimum Gasteiger partial charge on any atom is -0.497 e. The van der Waals surface area contributed by atoms with E-state index in [4.69, 9.17) is 16.3 Å². The van der Waals surface area contributed by atoms with Crippen molar-refractivity contribution in [3.8, 4) is 5.75 Å². The molecular weight excluding hydrogens is 401 g/mol. The molecule has 146 valence electrons. The summed E-state index contributed by atoms with van der Waals surface area (Å²) in [4.78, 5) is -0.0105. The van der Waals surface area contributed by atoms with Gasteiger partial charge >= 0.3 is 0 Å². The van der Waals surface area contributed by atoms with Gasteiger partial charge in [0.25, 0.3) is 10.0 Å². The molecule has 0 fully saturated rings. The topological polar surface area (TPSA) is 46.6 Å². The zero-order valence-corrected chi connectivity index (χ0v) is 16.9. The van der Waals surface area contributed by atoms with Crippen molar-refractivity contribution in [2.75, 3.05) is 11.4 Å². The Bertz CT molecular complexity index is 1070. The van der Waals surface area contributed by atoms with E-state index in [2.05, 4.69) is 0 Å². The van der Waals surface area contributed by atoms with Gasteiger partial charge in [-0.15, -0.1) is 0 Å². The van der Waals surface area contributed by atoms with E-state index in [1.54, 1.807) is 56.5 Å². The Morgan fingerprint density at radius 2 is 1.68 bits per heavy atom. The summed E-state index contributed by atoms with van der Waals surface area (Å²) in [6, 6.07) is 18.0. The first-order valence-corrected chi connectivity index (χ1v) is 10.3. The highest BCUT2D eigenvalue weighted by molar-refractivity contribution is 7.92. The van der Waals surface area contributed by atoms with Crippen molar-refractivity contribution in [2.24, 2.45) is 0 Å². The number of halogens is 2. The maximum atomic E-state index is 13.5. The summed E-state index contributed by atoms with van der Waals surface area (Å²) in [6.07, 6.45) is 0. The molecule has 0 saturated heterocycles. The van der Waals surface area contributed by atoms with Crippen LogP contribution in [0.4, 0.5) is 10.1 Å². The first-order chi connectivity index (χ1) is 13.3. The van der Waals surface area contributed by atoms with E-state index in [1.807, 2.05) is 6.07 Å². The summed E-state index contributed by atoms with van der Waals surface area (Å²) in [5, 5.41) is 0.412. The quantitative estimate of drug-likeness (QED) is 0.534. The number of anilines is 1. The van der Waals surface area contributed by atoms with Crippen molar-refractivity contribution in [3.63, 3.8) is 0 Å². The Morgan fingerprint density at radius 1 is 1.00 bits per heavy atom. The van der Waals surface area contributed by atoms with Crippen LogP contribution in [-0.4, -0.2) is 15.5 Å². The second-order valence-corrected chi connectivity index (χ2v) is 8.44.